The lowest BCUT2D eigenvalue weighted by molar-refractivity contribution is -0.0311. The first kappa shape index (κ1) is 16.5. The van der Waals surface area contributed by atoms with Crippen LogP contribution in [-0.2, 0) is 0 Å². The van der Waals surface area contributed by atoms with Crippen LogP contribution in [0.5, 0.6) is 0 Å². The van der Waals surface area contributed by atoms with E-state index in [4.69, 9.17) is 0 Å². The minimum atomic E-state index is -0.535. The van der Waals surface area contributed by atoms with Crippen molar-refractivity contribution in [3.8, 4) is 0 Å². The Balaban J connectivity index is 1.69. The highest BCUT2D eigenvalue weighted by Gasteiger charge is 2.40. The number of rotatable bonds is 4. The Bertz CT molecular complexity index is 671. The van der Waals surface area contributed by atoms with E-state index in [0.717, 1.165) is 58.4 Å². The Morgan fingerprint density at radius 1 is 1.12 bits per heavy atom. The Morgan fingerprint density at radius 2 is 1.88 bits per heavy atom. The van der Waals surface area contributed by atoms with Crippen molar-refractivity contribution < 1.29 is 5.11 Å². The molecule has 1 saturated heterocycles. The van der Waals surface area contributed by atoms with Crippen molar-refractivity contribution >= 4 is 21.4 Å². The molecule has 0 bridgehead atoms. The number of piperazine rings is 1. The molecule has 2 heterocycles. The highest BCUT2D eigenvalue weighted by atomic mass is 32.1. The van der Waals surface area contributed by atoms with Crippen LogP contribution < -0.4 is 5.32 Å². The number of nitrogens with one attached hydrogen (secondary N) is 1. The van der Waals surface area contributed by atoms with E-state index in [9.17, 15) is 5.11 Å². The minimum absolute atomic E-state index is 0.229. The van der Waals surface area contributed by atoms with E-state index in [1.165, 1.54) is 22.1 Å². The first-order chi connectivity index (χ1) is 11.8. The highest BCUT2D eigenvalue weighted by Crippen LogP contribution is 2.44. The zero-order chi connectivity index (χ0) is 16.4. The van der Waals surface area contributed by atoms with E-state index in [0.29, 0.717) is 0 Å². The molecule has 1 aliphatic carbocycles. The van der Waals surface area contributed by atoms with Crippen LogP contribution in [0.3, 0.4) is 0 Å². The average Bonchev–Trinajstić information content (AvgIpc) is 3.05. The largest absolute Gasteiger partial charge is 0.389 e. The fourth-order valence-corrected chi connectivity index (χ4v) is 5.51. The zero-order valence-corrected chi connectivity index (χ0v) is 15.2. The van der Waals surface area contributed by atoms with Crippen molar-refractivity contribution in [2.24, 2.45) is 0 Å². The molecule has 0 spiro atoms. The summed E-state index contributed by atoms with van der Waals surface area (Å²) in [7, 11) is 0. The summed E-state index contributed by atoms with van der Waals surface area (Å²) in [4.78, 5) is 2.54. The number of hydrogen-bond acceptors (Lipinski definition) is 4. The lowest BCUT2D eigenvalue weighted by atomic mass is 9.72. The van der Waals surface area contributed by atoms with Crippen molar-refractivity contribution in [3.63, 3.8) is 0 Å². The summed E-state index contributed by atoms with van der Waals surface area (Å²) in [5.41, 5.74) is 0.839. The summed E-state index contributed by atoms with van der Waals surface area (Å²) in [5.74, 6) is 0.229. The standard InChI is InChI=1S/C20H28N2OS/c23-20(8-4-1-5-9-20)18(14-22-12-10-21-11-13-22)17-15-24-19-7-3-2-6-16(17)19/h2-3,6-7,15,18,21,23H,1,4-5,8-14H2. The third-order valence-electron chi connectivity index (χ3n) is 5.90. The van der Waals surface area contributed by atoms with E-state index in [1.54, 1.807) is 0 Å². The lowest BCUT2D eigenvalue weighted by Crippen LogP contribution is -2.49. The lowest BCUT2D eigenvalue weighted by Gasteiger charge is -2.42. The van der Waals surface area contributed by atoms with Crippen molar-refractivity contribution in [3.05, 3.63) is 35.2 Å². The van der Waals surface area contributed by atoms with Crippen molar-refractivity contribution in [2.45, 2.75) is 43.6 Å². The molecule has 0 radical (unpaired) electrons. The molecule has 4 rings (SSSR count). The third kappa shape index (κ3) is 3.25. The monoisotopic (exact) mass is 344 g/mol. The predicted molar refractivity (Wildman–Crippen MR) is 102 cm³/mol. The smallest absolute Gasteiger partial charge is 0.0728 e. The molecule has 2 aliphatic rings. The molecule has 1 aromatic heterocycles. The molecule has 1 saturated carbocycles. The SMILES string of the molecule is OC1(C(CN2CCNCC2)c2csc3ccccc23)CCCCC1. The maximum absolute atomic E-state index is 11.6. The molecule has 1 atom stereocenters. The molecule has 24 heavy (non-hydrogen) atoms. The molecule has 2 aromatic rings. The zero-order valence-electron chi connectivity index (χ0n) is 14.3. The molecule has 0 amide bonds. The van der Waals surface area contributed by atoms with E-state index >= 15 is 0 Å². The van der Waals surface area contributed by atoms with E-state index in [1.807, 2.05) is 11.3 Å². The van der Waals surface area contributed by atoms with Gasteiger partial charge in [0.25, 0.3) is 0 Å². The second kappa shape index (κ2) is 7.12. The van der Waals surface area contributed by atoms with Gasteiger partial charge in [0, 0.05) is 43.3 Å². The molecular formula is C20H28N2OS. The molecule has 3 nitrogen and oxygen atoms in total. The number of fused-ring (bicyclic) bond motifs is 1. The van der Waals surface area contributed by atoms with E-state index in [-0.39, 0.29) is 5.92 Å². The molecule has 2 N–H and O–H groups in total. The number of nitrogens with zero attached hydrogens (tertiary/aromatic N) is 1. The first-order valence-electron chi connectivity index (χ1n) is 9.38. The van der Waals surface area contributed by atoms with Crippen LogP contribution in [0.1, 0.15) is 43.6 Å². The van der Waals surface area contributed by atoms with Gasteiger partial charge in [-0.1, -0.05) is 37.5 Å². The Hall–Kier alpha value is -0.940. The molecular weight excluding hydrogens is 316 g/mol. The van der Waals surface area contributed by atoms with E-state index in [2.05, 4.69) is 39.9 Å². The summed E-state index contributed by atoms with van der Waals surface area (Å²) in [5, 5.41) is 18.7. The predicted octanol–water partition coefficient (Wildman–Crippen LogP) is 3.59. The van der Waals surface area contributed by atoms with Crippen molar-refractivity contribution in [1.82, 2.24) is 10.2 Å². The Kier molecular flexibility index (Phi) is 4.90. The van der Waals surface area contributed by atoms with Gasteiger partial charge in [-0.3, -0.25) is 0 Å². The fraction of sp³-hybridized carbons (Fsp3) is 0.600. The van der Waals surface area contributed by atoms with Crippen LogP contribution in [0.15, 0.2) is 29.6 Å². The van der Waals surface area contributed by atoms with Gasteiger partial charge in [0.05, 0.1) is 5.60 Å². The summed E-state index contributed by atoms with van der Waals surface area (Å²) in [6.45, 7) is 5.30. The van der Waals surface area contributed by atoms with Crippen LogP contribution in [-0.4, -0.2) is 48.3 Å². The normalized spacial score (nSPS) is 23.4. The minimum Gasteiger partial charge on any atom is -0.389 e. The van der Waals surface area contributed by atoms with Gasteiger partial charge in [-0.05, 0) is 35.2 Å². The van der Waals surface area contributed by atoms with Crippen LogP contribution >= 0.6 is 11.3 Å². The number of aliphatic hydroxyl groups is 1. The van der Waals surface area contributed by atoms with Crippen LogP contribution in [0.4, 0.5) is 0 Å². The van der Waals surface area contributed by atoms with Crippen LogP contribution in [0.25, 0.3) is 10.1 Å². The van der Waals surface area contributed by atoms with Gasteiger partial charge >= 0.3 is 0 Å². The fourth-order valence-electron chi connectivity index (χ4n) is 4.49. The van der Waals surface area contributed by atoms with Gasteiger partial charge in [0.2, 0.25) is 0 Å². The average molecular weight is 345 g/mol. The van der Waals surface area contributed by atoms with Gasteiger partial charge in [-0.25, -0.2) is 0 Å². The third-order valence-corrected chi connectivity index (χ3v) is 6.89. The Labute approximate surface area is 148 Å². The van der Waals surface area contributed by atoms with Gasteiger partial charge in [0.1, 0.15) is 0 Å². The molecule has 4 heteroatoms. The number of thiophene rings is 1. The van der Waals surface area contributed by atoms with Crippen molar-refractivity contribution in [1.29, 1.82) is 0 Å². The first-order valence-corrected chi connectivity index (χ1v) is 10.3. The number of benzene rings is 1. The highest BCUT2D eigenvalue weighted by molar-refractivity contribution is 7.17. The molecule has 1 aromatic carbocycles. The quantitative estimate of drug-likeness (QED) is 0.890. The van der Waals surface area contributed by atoms with Crippen LogP contribution in [0.2, 0.25) is 0 Å². The van der Waals surface area contributed by atoms with Gasteiger partial charge in [0.15, 0.2) is 0 Å². The van der Waals surface area contributed by atoms with Crippen LogP contribution in [0, 0.1) is 0 Å². The Morgan fingerprint density at radius 3 is 2.67 bits per heavy atom. The second-order valence-electron chi connectivity index (χ2n) is 7.45. The summed E-state index contributed by atoms with van der Waals surface area (Å²) in [6, 6.07) is 8.68. The topological polar surface area (TPSA) is 35.5 Å². The number of hydrogen-bond donors (Lipinski definition) is 2. The van der Waals surface area contributed by atoms with Crippen molar-refractivity contribution in [2.75, 3.05) is 32.7 Å². The molecule has 1 unspecified atom stereocenters. The second-order valence-corrected chi connectivity index (χ2v) is 8.37. The summed E-state index contributed by atoms with van der Waals surface area (Å²) >= 11 is 1.83. The van der Waals surface area contributed by atoms with Gasteiger partial charge < -0.3 is 15.3 Å². The molecule has 1 aliphatic heterocycles. The van der Waals surface area contributed by atoms with Gasteiger partial charge in [-0.15, -0.1) is 11.3 Å². The molecule has 130 valence electrons. The van der Waals surface area contributed by atoms with E-state index < -0.39 is 5.60 Å². The summed E-state index contributed by atoms with van der Waals surface area (Å²) in [6.07, 6.45) is 5.50. The maximum atomic E-state index is 11.6. The van der Waals surface area contributed by atoms with Gasteiger partial charge in [-0.2, -0.15) is 0 Å². The maximum Gasteiger partial charge on any atom is 0.0728 e. The summed E-state index contributed by atoms with van der Waals surface area (Å²) < 4.78 is 1.34. The molecule has 2 fully saturated rings.